The number of hydrogen-bond donors (Lipinski definition) is 0. The molecule has 0 spiro atoms. The fourth-order valence-electron chi connectivity index (χ4n) is 4.11. The first-order valence-corrected chi connectivity index (χ1v) is 11.8. The molecule has 4 aromatic rings. The number of para-hydroxylation sites is 2. The van der Waals surface area contributed by atoms with Crippen molar-refractivity contribution in [3.8, 4) is 5.75 Å². The lowest BCUT2D eigenvalue weighted by atomic mass is 10.2. The summed E-state index contributed by atoms with van der Waals surface area (Å²) >= 11 is 1.31. The Morgan fingerprint density at radius 3 is 2.61 bits per heavy atom. The molecule has 0 fully saturated rings. The maximum absolute atomic E-state index is 13.3. The summed E-state index contributed by atoms with van der Waals surface area (Å²) in [5, 5.41) is 1.10. The third kappa shape index (κ3) is 4.24. The Bertz CT molecular complexity index is 1380. The molecule has 0 saturated carbocycles. The van der Waals surface area contributed by atoms with E-state index in [0.29, 0.717) is 29.1 Å². The number of fused-ring (bicyclic) bond motifs is 2. The van der Waals surface area contributed by atoms with Crippen molar-refractivity contribution in [1.29, 1.82) is 0 Å². The Kier molecular flexibility index (Phi) is 5.88. The average Bonchev–Trinajstić information content (AvgIpc) is 3.29. The van der Waals surface area contributed by atoms with Crippen LogP contribution in [0.5, 0.6) is 5.75 Å². The topological polar surface area (TPSA) is 64.4 Å². The molecule has 3 aromatic carbocycles. The summed E-state index contributed by atoms with van der Waals surface area (Å²) in [5.41, 5.74) is 3.64. The van der Waals surface area contributed by atoms with Crippen molar-refractivity contribution in [1.82, 2.24) is 9.55 Å². The van der Waals surface area contributed by atoms with Crippen molar-refractivity contribution < 1.29 is 9.53 Å². The molecule has 0 atom stereocenters. The number of carbonyl (C=O) groups excluding carboxylic acids is 1. The van der Waals surface area contributed by atoms with Crippen LogP contribution in [-0.2, 0) is 17.8 Å². The van der Waals surface area contributed by atoms with E-state index in [-0.39, 0.29) is 17.2 Å². The minimum Gasteiger partial charge on any atom is -0.497 e. The SMILES string of the molecule is COc1ccc(Cn2c(SCC(=O)N3CCc4ccccc43)nc3ccccc3c2=O)cc1. The van der Waals surface area contributed by atoms with Gasteiger partial charge in [-0.2, -0.15) is 0 Å². The monoisotopic (exact) mass is 457 g/mol. The molecule has 0 aliphatic carbocycles. The normalized spacial score (nSPS) is 12.7. The van der Waals surface area contributed by atoms with Gasteiger partial charge in [0.1, 0.15) is 5.75 Å². The maximum Gasteiger partial charge on any atom is 0.262 e. The van der Waals surface area contributed by atoms with Crippen LogP contribution in [0.1, 0.15) is 11.1 Å². The van der Waals surface area contributed by atoms with Crippen molar-refractivity contribution in [2.45, 2.75) is 18.1 Å². The highest BCUT2D eigenvalue weighted by Crippen LogP contribution is 2.29. The zero-order chi connectivity index (χ0) is 22.8. The van der Waals surface area contributed by atoms with Crippen LogP contribution in [0.25, 0.3) is 10.9 Å². The van der Waals surface area contributed by atoms with Crippen LogP contribution in [0.2, 0.25) is 0 Å². The number of hydrogen-bond acceptors (Lipinski definition) is 5. The Balaban J connectivity index is 1.44. The quantitative estimate of drug-likeness (QED) is 0.322. The molecule has 0 saturated heterocycles. The number of ether oxygens (including phenoxy) is 1. The molecule has 0 bridgehead atoms. The molecule has 1 aromatic heterocycles. The summed E-state index contributed by atoms with van der Waals surface area (Å²) in [7, 11) is 1.62. The second-order valence-corrected chi connectivity index (χ2v) is 8.81. The molecule has 7 heteroatoms. The van der Waals surface area contributed by atoms with Gasteiger partial charge in [-0.15, -0.1) is 0 Å². The van der Waals surface area contributed by atoms with Crippen LogP contribution in [0.3, 0.4) is 0 Å². The number of amides is 1. The molecule has 1 aliphatic rings. The van der Waals surface area contributed by atoms with Gasteiger partial charge in [0.15, 0.2) is 5.16 Å². The van der Waals surface area contributed by atoms with Crippen LogP contribution in [0.15, 0.2) is 82.7 Å². The zero-order valence-electron chi connectivity index (χ0n) is 18.2. The predicted octanol–water partition coefficient (Wildman–Crippen LogP) is 4.13. The van der Waals surface area contributed by atoms with Crippen molar-refractivity contribution in [2.75, 3.05) is 24.3 Å². The second kappa shape index (κ2) is 9.11. The number of aromatic nitrogens is 2. The summed E-state index contributed by atoms with van der Waals surface area (Å²) < 4.78 is 6.89. The maximum atomic E-state index is 13.3. The van der Waals surface area contributed by atoms with Crippen LogP contribution in [0, 0.1) is 0 Å². The van der Waals surface area contributed by atoms with Gasteiger partial charge in [-0.25, -0.2) is 4.98 Å². The highest BCUT2D eigenvalue weighted by atomic mass is 32.2. The van der Waals surface area contributed by atoms with E-state index in [4.69, 9.17) is 9.72 Å². The van der Waals surface area contributed by atoms with E-state index in [1.54, 1.807) is 17.7 Å². The number of nitrogens with zero attached hydrogens (tertiary/aromatic N) is 3. The van der Waals surface area contributed by atoms with Gasteiger partial charge < -0.3 is 9.64 Å². The van der Waals surface area contributed by atoms with E-state index in [2.05, 4.69) is 6.07 Å². The number of benzene rings is 3. The molecular formula is C26H23N3O3S. The second-order valence-electron chi connectivity index (χ2n) is 7.86. The molecule has 5 rings (SSSR count). The molecule has 0 radical (unpaired) electrons. The summed E-state index contributed by atoms with van der Waals surface area (Å²) in [6, 6.07) is 22.9. The highest BCUT2D eigenvalue weighted by Gasteiger charge is 2.24. The van der Waals surface area contributed by atoms with Gasteiger partial charge in [-0.1, -0.05) is 54.2 Å². The zero-order valence-corrected chi connectivity index (χ0v) is 19.0. The van der Waals surface area contributed by atoms with Gasteiger partial charge in [0, 0.05) is 12.2 Å². The van der Waals surface area contributed by atoms with Crippen molar-refractivity contribution in [3.63, 3.8) is 0 Å². The molecule has 33 heavy (non-hydrogen) atoms. The van der Waals surface area contributed by atoms with E-state index in [0.717, 1.165) is 23.4 Å². The molecule has 6 nitrogen and oxygen atoms in total. The molecular weight excluding hydrogens is 434 g/mol. The van der Waals surface area contributed by atoms with E-state index in [9.17, 15) is 9.59 Å². The lowest BCUT2D eigenvalue weighted by Crippen LogP contribution is -2.31. The summed E-state index contributed by atoms with van der Waals surface area (Å²) in [4.78, 5) is 32.9. The van der Waals surface area contributed by atoms with Crippen LogP contribution < -0.4 is 15.2 Å². The number of rotatable bonds is 6. The number of anilines is 1. The van der Waals surface area contributed by atoms with Crippen LogP contribution >= 0.6 is 11.8 Å². The fraction of sp³-hybridized carbons (Fsp3) is 0.192. The van der Waals surface area contributed by atoms with E-state index >= 15 is 0 Å². The first-order chi connectivity index (χ1) is 16.1. The third-order valence-corrected chi connectivity index (χ3v) is 6.80. The third-order valence-electron chi connectivity index (χ3n) is 5.84. The van der Waals surface area contributed by atoms with E-state index < -0.39 is 0 Å². The predicted molar refractivity (Wildman–Crippen MR) is 131 cm³/mol. The molecule has 1 amide bonds. The summed E-state index contributed by atoms with van der Waals surface area (Å²) in [6.07, 6.45) is 0.864. The van der Waals surface area contributed by atoms with Gasteiger partial charge in [0.05, 0.1) is 30.3 Å². The summed E-state index contributed by atoms with van der Waals surface area (Å²) in [6.45, 7) is 1.05. The van der Waals surface area contributed by atoms with Crippen LogP contribution in [-0.4, -0.2) is 34.9 Å². The minimum atomic E-state index is -0.113. The smallest absolute Gasteiger partial charge is 0.262 e. The van der Waals surface area contributed by atoms with Gasteiger partial charge in [0.2, 0.25) is 5.91 Å². The molecule has 0 unspecified atom stereocenters. The Hall–Kier alpha value is -3.58. The van der Waals surface area contributed by atoms with Gasteiger partial charge in [0.25, 0.3) is 5.56 Å². The Morgan fingerprint density at radius 1 is 1.03 bits per heavy atom. The van der Waals surface area contributed by atoms with Crippen molar-refractivity contribution >= 4 is 34.3 Å². The number of methoxy groups -OCH3 is 1. The molecule has 0 N–H and O–H groups in total. The number of thioether (sulfide) groups is 1. The average molecular weight is 458 g/mol. The largest absolute Gasteiger partial charge is 0.497 e. The fourth-order valence-corrected chi connectivity index (χ4v) is 4.99. The van der Waals surface area contributed by atoms with Gasteiger partial charge in [-0.3, -0.25) is 14.2 Å². The van der Waals surface area contributed by atoms with E-state index in [1.807, 2.05) is 65.6 Å². The Morgan fingerprint density at radius 2 is 1.79 bits per heavy atom. The first kappa shape index (κ1) is 21.3. The molecule has 2 heterocycles. The van der Waals surface area contributed by atoms with Crippen molar-refractivity contribution in [3.05, 3.63) is 94.3 Å². The van der Waals surface area contributed by atoms with Crippen LogP contribution in [0.4, 0.5) is 5.69 Å². The van der Waals surface area contributed by atoms with Gasteiger partial charge >= 0.3 is 0 Å². The minimum absolute atomic E-state index is 0.0170. The highest BCUT2D eigenvalue weighted by molar-refractivity contribution is 7.99. The van der Waals surface area contributed by atoms with E-state index in [1.165, 1.54) is 17.3 Å². The van der Waals surface area contributed by atoms with Crippen molar-refractivity contribution in [2.24, 2.45) is 0 Å². The lowest BCUT2D eigenvalue weighted by molar-refractivity contribution is -0.116. The van der Waals surface area contributed by atoms with Gasteiger partial charge in [-0.05, 0) is 47.9 Å². The number of carbonyl (C=O) groups is 1. The molecule has 166 valence electrons. The first-order valence-electron chi connectivity index (χ1n) is 10.8. The standard InChI is InChI=1S/C26H23N3O3S/c1-32-20-12-10-18(11-13-20)16-29-25(31)21-7-3-4-8-22(21)27-26(29)33-17-24(30)28-15-14-19-6-2-5-9-23(19)28/h2-13H,14-17H2,1H3. The lowest BCUT2D eigenvalue weighted by Gasteiger charge is -2.18. The Labute approximate surface area is 195 Å². The summed E-state index contributed by atoms with van der Waals surface area (Å²) in [5.74, 6) is 0.985. The molecule has 1 aliphatic heterocycles.